The van der Waals surface area contributed by atoms with Crippen LogP contribution >= 0.6 is 46.4 Å². The maximum Gasteiger partial charge on any atom is 0.356 e. The summed E-state index contributed by atoms with van der Waals surface area (Å²) in [6.45, 7) is 1.13. The first-order valence-electron chi connectivity index (χ1n) is 14.2. The van der Waals surface area contributed by atoms with Crippen molar-refractivity contribution in [1.29, 1.82) is 0 Å². The molecule has 2 aliphatic heterocycles. The van der Waals surface area contributed by atoms with Crippen LogP contribution in [0.15, 0.2) is 104 Å². The molecule has 17 heteroatoms. The molecule has 0 spiro atoms. The van der Waals surface area contributed by atoms with E-state index in [2.05, 4.69) is 25.0 Å². The standard InChI is InChI=1S/C31H25N7O6S4/c1-17(39)44-36-23(21-16-47-31(32)34-21)27(40)35-24-28(41)38-25(20(15-46-29(24)38)12-13-45-22-14-33-37-48-22)30(42)43-26(18-8-4-2-5-9-18)19-10-6-3-7-11-19/h2-14,16,24,26,29H,15H2,1H3,(H2,32,34)(H,35,40)/b13-12+,36-23?/t24-,29-/m1/s1. The molecule has 13 nitrogen and oxygen atoms in total. The van der Waals surface area contributed by atoms with Crippen molar-refractivity contribution >= 4 is 81.0 Å². The topological polar surface area (TPSA) is 179 Å². The lowest BCUT2D eigenvalue weighted by molar-refractivity contribution is -0.154. The normalized spacial score (nSPS) is 17.7. The Labute approximate surface area is 290 Å². The summed E-state index contributed by atoms with van der Waals surface area (Å²) in [6, 6.07) is 17.6. The van der Waals surface area contributed by atoms with Gasteiger partial charge in [-0.3, -0.25) is 14.5 Å². The fraction of sp³-hybridized carbons (Fsp3) is 0.161. The number of benzene rings is 2. The smallest absolute Gasteiger partial charge is 0.356 e. The summed E-state index contributed by atoms with van der Waals surface area (Å²) in [7, 11) is 0. The number of nitrogens with one attached hydrogen (secondary N) is 1. The lowest BCUT2D eigenvalue weighted by Crippen LogP contribution is -2.71. The Kier molecular flexibility index (Phi) is 10.3. The number of nitrogen functional groups attached to an aromatic ring is 1. The Morgan fingerprint density at radius 1 is 1.12 bits per heavy atom. The number of ether oxygens (including phenoxy) is 1. The Morgan fingerprint density at radius 2 is 1.83 bits per heavy atom. The van der Waals surface area contributed by atoms with Crippen molar-refractivity contribution in [2.45, 2.75) is 28.7 Å². The first-order chi connectivity index (χ1) is 23.3. The number of fused-ring (bicyclic) bond motifs is 1. The molecule has 2 aromatic carbocycles. The van der Waals surface area contributed by atoms with E-state index in [0.717, 1.165) is 33.6 Å². The third-order valence-electron chi connectivity index (χ3n) is 6.95. The Balaban J connectivity index is 1.29. The lowest BCUT2D eigenvalue weighted by Gasteiger charge is -2.49. The molecule has 2 aliphatic rings. The molecule has 48 heavy (non-hydrogen) atoms. The second-order valence-corrected chi connectivity index (χ2v) is 14.1. The Hall–Kier alpha value is -4.84. The van der Waals surface area contributed by atoms with Crippen molar-refractivity contribution in [3.63, 3.8) is 0 Å². The van der Waals surface area contributed by atoms with Crippen LogP contribution in [0.2, 0.25) is 0 Å². The van der Waals surface area contributed by atoms with E-state index < -0.39 is 41.3 Å². The number of hydrogen-bond acceptors (Lipinski definition) is 15. The molecular formula is C31H25N7O6S4. The maximum absolute atomic E-state index is 14.2. The second kappa shape index (κ2) is 14.9. The third kappa shape index (κ3) is 7.33. The zero-order valence-corrected chi connectivity index (χ0v) is 28.2. The minimum Gasteiger partial charge on any atom is -0.448 e. The molecule has 0 saturated carbocycles. The largest absolute Gasteiger partial charge is 0.448 e. The first-order valence-corrected chi connectivity index (χ1v) is 17.8. The van der Waals surface area contributed by atoms with Crippen LogP contribution in [0.3, 0.4) is 0 Å². The quantitative estimate of drug-likeness (QED) is 0.0566. The average molecular weight is 720 g/mol. The van der Waals surface area contributed by atoms with Crippen LogP contribution in [-0.4, -0.2) is 66.1 Å². The highest BCUT2D eigenvalue weighted by atomic mass is 32.2. The average Bonchev–Trinajstić information content (AvgIpc) is 3.78. The number of thiazole rings is 1. The van der Waals surface area contributed by atoms with Crippen molar-refractivity contribution in [1.82, 2.24) is 24.8 Å². The van der Waals surface area contributed by atoms with Gasteiger partial charge in [0.15, 0.2) is 16.9 Å². The van der Waals surface area contributed by atoms with Gasteiger partial charge in [-0.15, -0.1) is 28.2 Å². The maximum atomic E-state index is 14.2. The van der Waals surface area contributed by atoms with Crippen molar-refractivity contribution < 1.29 is 28.8 Å². The summed E-state index contributed by atoms with van der Waals surface area (Å²) >= 11 is 5.04. The number of carbonyl (C=O) groups is 4. The number of aromatic nitrogens is 3. The number of anilines is 1. The number of nitrogens with zero attached hydrogens (tertiary/aromatic N) is 5. The summed E-state index contributed by atoms with van der Waals surface area (Å²) < 4.78 is 10.9. The molecule has 0 unspecified atom stereocenters. The fourth-order valence-corrected chi connectivity index (χ4v) is 7.87. The highest BCUT2D eigenvalue weighted by molar-refractivity contribution is 8.03. The molecule has 1 saturated heterocycles. The molecule has 2 atom stereocenters. The molecular weight excluding hydrogens is 695 g/mol. The number of esters is 1. The van der Waals surface area contributed by atoms with Gasteiger partial charge < -0.3 is 20.6 Å². The molecule has 244 valence electrons. The van der Waals surface area contributed by atoms with E-state index >= 15 is 0 Å². The van der Waals surface area contributed by atoms with Gasteiger partial charge in [-0.1, -0.05) is 82.1 Å². The summed E-state index contributed by atoms with van der Waals surface area (Å²) in [5, 5.41) is 13.0. The zero-order valence-electron chi connectivity index (χ0n) is 24.9. The van der Waals surface area contributed by atoms with Gasteiger partial charge in [0.05, 0.1) is 6.20 Å². The van der Waals surface area contributed by atoms with E-state index in [9.17, 15) is 19.2 Å². The molecule has 3 N–H and O–H groups in total. The van der Waals surface area contributed by atoms with Crippen LogP contribution in [0.4, 0.5) is 5.13 Å². The number of amides is 2. The first kappa shape index (κ1) is 33.1. The molecule has 2 amide bonds. The molecule has 0 aliphatic carbocycles. The van der Waals surface area contributed by atoms with Gasteiger partial charge in [0.1, 0.15) is 27.0 Å². The lowest BCUT2D eigenvalue weighted by atomic mass is 10.0. The van der Waals surface area contributed by atoms with Gasteiger partial charge in [-0.05, 0) is 39.7 Å². The number of allylic oxidation sites excluding steroid dienone is 1. The van der Waals surface area contributed by atoms with Crippen molar-refractivity contribution in [3.8, 4) is 0 Å². The van der Waals surface area contributed by atoms with Gasteiger partial charge in [0.25, 0.3) is 11.8 Å². The molecule has 2 aromatic heterocycles. The molecule has 6 rings (SSSR count). The van der Waals surface area contributed by atoms with Gasteiger partial charge in [0.2, 0.25) is 0 Å². The summed E-state index contributed by atoms with van der Waals surface area (Å²) in [4.78, 5) is 62.8. The van der Waals surface area contributed by atoms with Gasteiger partial charge in [-0.25, -0.2) is 14.6 Å². The minimum atomic E-state index is -1.02. The van der Waals surface area contributed by atoms with E-state index in [4.69, 9.17) is 15.3 Å². The number of nitrogens with two attached hydrogens (primary N) is 1. The molecule has 4 heterocycles. The predicted molar refractivity (Wildman–Crippen MR) is 183 cm³/mol. The van der Waals surface area contributed by atoms with Gasteiger partial charge in [-0.2, -0.15) is 0 Å². The highest BCUT2D eigenvalue weighted by Gasteiger charge is 2.54. The number of hydrogen-bond donors (Lipinski definition) is 2. The van der Waals surface area contributed by atoms with Gasteiger partial charge in [0, 0.05) is 18.1 Å². The number of carbonyl (C=O) groups excluding carboxylic acids is 4. The second-order valence-electron chi connectivity index (χ2n) is 10.1. The van der Waals surface area contributed by atoms with Crippen molar-refractivity contribution in [2.75, 3.05) is 11.5 Å². The predicted octanol–water partition coefficient (Wildman–Crippen LogP) is 4.14. The molecule has 1 fully saturated rings. The summed E-state index contributed by atoms with van der Waals surface area (Å²) in [5.74, 6) is -2.45. The Morgan fingerprint density at radius 3 is 2.44 bits per heavy atom. The molecule has 0 radical (unpaired) electrons. The van der Waals surface area contributed by atoms with E-state index in [1.807, 2.05) is 60.7 Å². The van der Waals surface area contributed by atoms with Crippen LogP contribution in [0.25, 0.3) is 0 Å². The van der Waals surface area contributed by atoms with E-state index in [0.29, 0.717) is 11.3 Å². The number of thioether (sulfide) groups is 2. The Bertz CT molecular complexity index is 1880. The van der Waals surface area contributed by atoms with Gasteiger partial charge >= 0.3 is 11.9 Å². The van der Waals surface area contributed by atoms with E-state index in [-0.39, 0.29) is 22.2 Å². The van der Waals surface area contributed by atoms with Crippen LogP contribution in [0.5, 0.6) is 0 Å². The number of oxime groups is 1. The summed E-state index contributed by atoms with van der Waals surface area (Å²) in [5.41, 5.74) is 7.64. The van der Waals surface area contributed by atoms with Crippen molar-refractivity contribution in [3.05, 3.63) is 112 Å². The number of rotatable bonds is 11. The molecule has 4 aromatic rings. The monoisotopic (exact) mass is 719 g/mol. The van der Waals surface area contributed by atoms with Crippen LogP contribution in [0.1, 0.15) is 29.8 Å². The SMILES string of the molecule is CC(=O)ON=C(C(=O)N[C@@H]1C(=O)N2C(C(=O)OC(c3ccccc3)c3ccccc3)=C(/C=C/Sc3cnns3)CS[C@H]12)c1csc(N)n1. The summed E-state index contributed by atoms with van der Waals surface area (Å²) in [6.07, 6.45) is 2.64. The zero-order chi connectivity index (χ0) is 33.6. The van der Waals surface area contributed by atoms with Crippen molar-refractivity contribution in [2.24, 2.45) is 5.16 Å². The highest BCUT2D eigenvalue weighted by Crippen LogP contribution is 2.42. The van der Waals surface area contributed by atoms with Crippen LogP contribution in [0, 0.1) is 0 Å². The third-order valence-corrected chi connectivity index (χ3v) is 10.5. The fourth-order valence-electron chi connectivity index (χ4n) is 4.82. The minimum absolute atomic E-state index is 0.0754. The van der Waals surface area contributed by atoms with Crippen LogP contribution in [-0.2, 0) is 28.8 Å². The van der Waals surface area contributed by atoms with E-state index in [1.165, 1.54) is 45.3 Å². The van der Waals surface area contributed by atoms with Crippen LogP contribution < -0.4 is 11.1 Å². The van der Waals surface area contributed by atoms with E-state index in [1.54, 1.807) is 17.7 Å². The molecule has 0 bridgehead atoms. The number of β-lactam (4-membered cyclic amide) rings is 1.